The highest BCUT2D eigenvalue weighted by atomic mass is 16.5. The van der Waals surface area contributed by atoms with E-state index in [1.807, 2.05) is 0 Å². The normalized spacial score (nSPS) is 19.3. The van der Waals surface area contributed by atoms with E-state index in [9.17, 15) is 14.4 Å². The molecule has 0 saturated carbocycles. The summed E-state index contributed by atoms with van der Waals surface area (Å²) in [5.41, 5.74) is 6.55. The number of esters is 1. The van der Waals surface area contributed by atoms with Crippen molar-refractivity contribution in [3.8, 4) is 0 Å². The molecule has 1 saturated heterocycles. The Kier molecular flexibility index (Phi) is 6.91. The molecule has 1 aliphatic rings. The van der Waals surface area contributed by atoms with Gasteiger partial charge in [-0.15, -0.1) is 0 Å². The van der Waals surface area contributed by atoms with Gasteiger partial charge in [-0.1, -0.05) is 0 Å². The molecule has 8 nitrogen and oxygen atoms in total. The van der Waals surface area contributed by atoms with Crippen molar-refractivity contribution in [2.24, 2.45) is 5.73 Å². The minimum Gasteiger partial charge on any atom is -0.469 e. The largest absolute Gasteiger partial charge is 0.469 e. The van der Waals surface area contributed by atoms with Gasteiger partial charge in [0.05, 0.1) is 19.6 Å². The Balaban J connectivity index is 1.82. The maximum atomic E-state index is 12.1. The van der Waals surface area contributed by atoms with Crippen LogP contribution in [0.4, 0.5) is 5.69 Å². The molecule has 0 aliphatic carbocycles. The van der Waals surface area contributed by atoms with Crippen LogP contribution in [-0.4, -0.2) is 50.2 Å². The summed E-state index contributed by atoms with van der Waals surface area (Å²) in [4.78, 5) is 35.1. The van der Waals surface area contributed by atoms with Crippen LogP contribution in [0.3, 0.4) is 0 Å². The first-order valence-corrected chi connectivity index (χ1v) is 8.15. The lowest BCUT2D eigenvalue weighted by Crippen LogP contribution is -2.29. The topological polar surface area (TPSA) is 120 Å². The fourth-order valence-corrected chi connectivity index (χ4v) is 2.48. The van der Waals surface area contributed by atoms with Gasteiger partial charge < -0.3 is 25.8 Å². The molecule has 0 bridgehead atoms. The average Bonchev–Trinajstić information content (AvgIpc) is 3.11. The first-order valence-electron chi connectivity index (χ1n) is 8.15. The molecule has 8 heteroatoms. The van der Waals surface area contributed by atoms with E-state index in [0.29, 0.717) is 24.2 Å². The van der Waals surface area contributed by atoms with Crippen molar-refractivity contribution in [2.75, 3.05) is 25.5 Å². The van der Waals surface area contributed by atoms with Crippen molar-refractivity contribution in [3.63, 3.8) is 0 Å². The lowest BCUT2D eigenvalue weighted by atomic mass is 10.1. The van der Waals surface area contributed by atoms with Gasteiger partial charge in [-0.05, 0) is 37.1 Å². The van der Waals surface area contributed by atoms with Crippen LogP contribution >= 0.6 is 0 Å². The summed E-state index contributed by atoms with van der Waals surface area (Å²) in [6.45, 7) is 0.606. The monoisotopic (exact) mass is 349 g/mol. The van der Waals surface area contributed by atoms with E-state index in [-0.39, 0.29) is 36.9 Å². The van der Waals surface area contributed by atoms with E-state index < -0.39 is 6.10 Å². The van der Waals surface area contributed by atoms with Gasteiger partial charge in [0.15, 0.2) is 0 Å². The molecule has 2 amide bonds. The third-order valence-corrected chi connectivity index (χ3v) is 3.92. The van der Waals surface area contributed by atoms with Crippen molar-refractivity contribution < 1.29 is 23.9 Å². The zero-order valence-corrected chi connectivity index (χ0v) is 14.1. The smallest absolute Gasteiger partial charge is 0.307 e. The molecule has 1 heterocycles. The summed E-state index contributed by atoms with van der Waals surface area (Å²) < 4.78 is 10.0. The molecular formula is C17H23N3O5. The van der Waals surface area contributed by atoms with E-state index in [0.717, 1.165) is 6.42 Å². The second-order valence-corrected chi connectivity index (χ2v) is 5.71. The molecule has 1 aliphatic heterocycles. The highest BCUT2D eigenvalue weighted by molar-refractivity contribution is 5.97. The first-order chi connectivity index (χ1) is 12.0. The highest BCUT2D eigenvalue weighted by Gasteiger charge is 2.29. The van der Waals surface area contributed by atoms with Crippen LogP contribution in [0.25, 0.3) is 0 Å². The number of ether oxygens (including phenoxy) is 2. The van der Waals surface area contributed by atoms with Gasteiger partial charge in [0, 0.05) is 24.3 Å². The maximum Gasteiger partial charge on any atom is 0.307 e. The Labute approximate surface area is 146 Å². The molecule has 1 fully saturated rings. The minimum absolute atomic E-state index is 0.0631. The van der Waals surface area contributed by atoms with Crippen LogP contribution < -0.4 is 16.4 Å². The third-order valence-electron chi connectivity index (χ3n) is 3.92. The number of carbonyl (C=O) groups excluding carboxylic acids is 3. The van der Waals surface area contributed by atoms with Gasteiger partial charge in [-0.2, -0.15) is 0 Å². The van der Waals surface area contributed by atoms with Gasteiger partial charge in [0.1, 0.15) is 6.10 Å². The second kappa shape index (κ2) is 9.14. The van der Waals surface area contributed by atoms with Crippen LogP contribution in [0.5, 0.6) is 0 Å². The van der Waals surface area contributed by atoms with Crippen LogP contribution in [0, 0.1) is 0 Å². The van der Waals surface area contributed by atoms with Gasteiger partial charge >= 0.3 is 5.97 Å². The number of rotatable bonds is 7. The van der Waals surface area contributed by atoms with Gasteiger partial charge in [0.25, 0.3) is 11.8 Å². The highest BCUT2D eigenvalue weighted by Crippen LogP contribution is 2.20. The molecule has 0 aromatic heterocycles. The summed E-state index contributed by atoms with van der Waals surface area (Å²) in [5.74, 6) is -0.901. The number of anilines is 1. The summed E-state index contributed by atoms with van der Waals surface area (Å²) in [6, 6.07) is 6.48. The number of hydrogen-bond acceptors (Lipinski definition) is 6. The Bertz CT molecular complexity index is 617. The lowest BCUT2D eigenvalue weighted by molar-refractivity contribution is -0.140. The minimum atomic E-state index is -0.491. The summed E-state index contributed by atoms with van der Waals surface area (Å²) >= 11 is 0. The zero-order chi connectivity index (χ0) is 18.2. The molecule has 0 radical (unpaired) electrons. The third kappa shape index (κ3) is 5.54. The van der Waals surface area contributed by atoms with Crippen LogP contribution in [0.15, 0.2) is 24.3 Å². The molecule has 2 rings (SSSR count). The summed E-state index contributed by atoms with van der Waals surface area (Å²) in [6.07, 6.45) is 0.983. The Hall–Kier alpha value is -2.45. The van der Waals surface area contributed by atoms with Crippen molar-refractivity contribution in [3.05, 3.63) is 29.8 Å². The van der Waals surface area contributed by atoms with Crippen LogP contribution in [0.1, 0.15) is 29.6 Å². The number of methoxy groups -OCH3 is 1. The maximum absolute atomic E-state index is 12.1. The van der Waals surface area contributed by atoms with E-state index in [1.165, 1.54) is 7.11 Å². The molecule has 136 valence electrons. The number of hydrogen-bond donors (Lipinski definition) is 3. The van der Waals surface area contributed by atoms with Crippen LogP contribution in [0.2, 0.25) is 0 Å². The molecule has 4 N–H and O–H groups in total. The zero-order valence-electron chi connectivity index (χ0n) is 14.1. The quantitative estimate of drug-likeness (QED) is 0.614. The van der Waals surface area contributed by atoms with E-state index in [4.69, 9.17) is 10.5 Å². The molecule has 1 aromatic carbocycles. The fraction of sp³-hybridized carbons (Fsp3) is 0.471. The molecule has 1 aromatic rings. The summed E-state index contributed by atoms with van der Waals surface area (Å²) in [7, 11) is 1.30. The molecule has 2 atom stereocenters. The predicted octanol–water partition coefficient (Wildman–Crippen LogP) is 0.424. The Morgan fingerprint density at radius 2 is 1.96 bits per heavy atom. The lowest BCUT2D eigenvalue weighted by Gasteiger charge is -2.13. The van der Waals surface area contributed by atoms with Gasteiger partial charge in [0.2, 0.25) is 0 Å². The number of amides is 2. The van der Waals surface area contributed by atoms with Gasteiger partial charge in [-0.3, -0.25) is 14.4 Å². The Morgan fingerprint density at radius 1 is 1.24 bits per heavy atom. The number of nitrogens with one attached hydrogen (secondary N) is 2. The predicted molar refractivity (Wildman–Crippen MR) is 91.0 cm³/mol. The van der Waals surface area contributed by atoms with Crippen molar-refractivity contribution >= 4 is 23.5 Å². The van der Waals surface area contributed by atoms with E-state index >= 15 is 0 Å². The SMILES string of the molecule is COC(=O)CCNC(=O)c1ccc(NC(=O)[C@@H]2CC[C@H](CN)O2)cc1. The second-order valence-electron chi connectivity index (χ2n) is 5.71. The van der Waals surface area contributed by atoms with Crippen molar-refractivity contribution in [2.45, 2.75) is 31.5 Å². The number of nitrogens with two attached hydrogens (primary N) is 1. The summed E-state index contributed by atoms with van der Waals surface area (Å²) in [5, 5.41) is 5.38. The number of carbonyl (C=O) groups is 3. The standard InChI is InChI=1S/C17H23N3O5/c1-24-15(21)8-9-19-16(22)11-2-4-12(5-3-11)20-17(23)14-7-6-13(10-18)25-14/h2-5,13-14H,6-10,18H2,1H3,(H,19,22)(H,20,23)/t13-,14+/m1/s1. The molecular weight excluding hydrogens is 326 g/mol. The van der Waals surface area contributed by atoms with Crippen LogP contribution in [-0.2, 0) is 19.1 Å². The Morgan fingerprint density at radius 3 is 2.56 bits per heavy atom. The van der Waals surface area contributed by atoms with Crippen molar-refractivity contribution in [1.82, 2.24) is 5.32 Å². The van der Waals surface area contributed by atoms with E-state index in [1.54, 1.807) is 24.3 Å². The average molecular weight is 349 g/mol. The molecule has 25 heavy (non-hydrogen) atoms. The molecule has 0 unspecified atom stereocenters. The first kappa shape index (κ1) is 18.9. The van der Waals surface area contributed by atoms with Gasteiger partial charge in [-0.25, -0.2) is 0 Å². The van der Waals surface area contributed by atoms with E-state index in [2.05, 4.69) is 15.4 Å². The molecule has 0 spiro atoms. The fourth-order valence-electron chi connectivity index (χ4n) is 2.48. The number of benzene rings is 1. The van der Waals surface area contributed by atoms with Crippen molar-refractivity contribution in [1.29, 1.82) is 0 Å².